The van der Waals surface area contributed by atoms with E-state index in [1.807, 2.05) is 53.1 Å². The van der Waals surface area contributed by atoms with Gasteiger partial charge in [0.25, 0.3) is 0 Å². The Morgan fingerprint density at radius 3 is 1.87 bits per heavy atom. The van der Waals surface area contributed by atoms with Crippen LogP contribution in [-0.4, -0.2) is 61.7 Å². The largest absolute Gasteiger partial charge is 0.444 e. The van der Waals surface area contributed by atoms with E-state index in [0.717, 1.165) is 65.6 Å². The molecule has 0 bridgehead atoms. The molecule has 2 aromatic carbocycles. The number of carbonyl (C=O) groups is 1. The van der Waals surface area contributed by atoms with Gasteiger partial charge in [0.2, 0.25) is 11.9 Å². The van der Waals surface area contributed by atoms with Gasteiger partial charge < -0.3 is 36.2 Å². The number of hydrogen-bond acceptors (Lipinski definition) is 11. The van der Waals surface area contributed by atoms with Gasteiger partial charge in [0.1, 0.15) is 17.2 Å². The number of benzene rings is 2. The van der Waals surface area contributed by atoms with Crippen LogP contribution in [0.1, 0.15) is 79.8 Å². The van der Waals surface area contributed by atoms with Gasteiger partial charge in [-0.3, -0.25) is 0 Å². The predicted octanol–water partition coefficient (Wildman–Crippen LogP) is 7.57. The summed E-state index contributed by atoms with van der Waals surface area (Å²) in [6.45, 7) is 13.0. The molecular weight excluding hydrogens is 676 g/mol. The van der Waals surface area contributed by atoms with Gasteiger partial charge in [-0.1, -0.05) is 12.1 Å². The van der Waals surface area contributed by atoms with Crippen LogP contribution in [0, 0.1) is 13.8 Å². The van der Waals surface area contributed by atoms with Crippen molar-refractivity contribution in [3.05, 3.63) is 82.2 Å². The average molecular weight is 727 g/mol. The van der Waals surface area contributed by atoms with Crippen molar-refractivity contribution in [2.24, 2.45) is 0 Å². The zero-order valence-electron chi connectivity index (χ0n) is 30.8. The lowest BCUT2D eigenvalue weighted by atomic mass is 9.99. The van der Waals surface area contributed by atoms with E-state index in [9.17, 15) is 4.79 Å². The van der Waals surface area contributed by atoms with Crippen molar-refractivity contribution in [1.29, 1.82) is 0 Å². The second-order valence-electron chi connectivity index (χ2n) is 15.1. The summed E-state index contributed by atoms with van der Waals surface area (Å²) in [5, 5.41) is 17.0. The van der Waals surface area contributed by atoms with Crippen LogP contribution in [0.5, 0.6) is 0 Å². The predicted molar refractivity (Wildman–Crippen MR) is 209 cm³/mol. The minimum atomic E-state index is -0.480. The highest BCUT2D eigenvalue weighted by atomic mass is 35.5. The number of amides is 1. The maximum atomic E-state index is 12.3. The third-order valence-corrected chi connectivity index (χ3v) is 9.26. The van der Waals surface area contributed by atoms with E-state index in [2.05, 4.69) is 76.9 Å². The number of aryl methyl sites for hydroxylation is 2. The number of rotatable bonds is 8. The minimum absolute atomic E-state index is 0. The zero-order valence-corrected chi connectivity index (χ0v) is 31.6. The smallest absolute Gasteiger partial charge is 0.410 e. The van der Waals surface area contributed by atoms with Gasteiger partial charge in [-0.15, -0.1) is 12.4 Å². The second kappa shape index (κ2) is 15.9. The van der Waals surface area contributed by atoms with Crippen molar-refractivity contribution in [2.75, 3.05) is 34.4 Å². The molecule has 5 N–H and O–H groups in total. The summed E-state index contributed by atoms with van der Waals surface area (Å²) in [7, 11) is 0. The summed E-state index contributed by atoms with van der Waals surface area (Å²) in [5.74, 6) is 3.09. The summed E-state index contributed by atoms with van der Waals surface area (Å²) < 4.78 is 5.50. The molecule has 4 heterocycles. The lowest BCUT2D eigenvalue weighted by Gasteiger charge is -2.31. The maximum absolute atomic E-state index is 12.3. The molecule has 13 heteroatoms. The Morgan fingerprint density at radius 2 is 1.33 bits per heavy atom. The lowest BCUT2D eigenvalue weighted by molar-refractivity contribution is 0.0224. The first-order valence-corrected chi connectivity index (χ1v) is 18.2. The van der Waals surface area contributed by atoms with Crippen LogP contribution in [0.2, 0.25) is 0 Å². The van der Waals surface area contributed by atoms with E-state index in [0.29, 0.717) is 37.1 Å². The fourth-order valence-corrected chi connectivity index (χ4v) is 6.07. The Hall–Kier alpha value is -4.68. The van der Waals surface area contributed by atoms with Crippen LogP contribution < -0.4 is 26.6 Å². The van der Waals surface area contributed by atoms with Crippen LogP contribution in [0.4, 0.5) is 39.7 Å². The number of nitrogens with zero attached hydrogens (tertiary/aromatic N) is 5. The highest BCUT2D eigenvalue weighted by Crippen LogP contribution is 2.29. The molecule has 0 atom stereocenters. The number of halogens is 1. The molecule has 1 amide bonds. The molecule has 2 aromatic heterocycles. The van der Waals surface area contributed by atoms with Crippen molar-refractivity contribution in [1.82, 2.24) is 30.2 Å². The van der Waals surface area contributed by atoms with Crippen molar-refractivity contribution in [3.63, 3.8) is 0 Å². The van der Waals surface area contributed by atoms with Crippen LogP contribution >= 0.6 is 12.4 Å². The SMILES string of the molecule is Cc1cnc(Nc2ccc3c(c2)CCN(C(=O)OC(C)(C)C)C3)nc1NC1CC1.Cc1cnc(Nc2ccc3c(c2)CCNC3)nc1NC1CC1.Cl. The molecule has 0 unspecified atom stereocenters. The molecule has 2 aliphatic carbocycles. The number of hydrogen-bond donors (Lipinski definition) is 5. The molecular formula is C39H51ClN10O2. The first kappa shape index (κ1) is 37.1. The Balaban J connectivity index is 0.000000181. The molecule has 4 aromatic rings. The van der Waals surface area contributed by atoms with Crippen LogP contribution in [0.25, 0.3) is 0 Å². The standard InChI is InChI=1S/C22H29N5O2.C17H21N5.ClH/c1-14-12-23-20(26-19(14)24-17-7-8-17)25-18-6-5-16-13-27(10-9-15(16)11-18)21(28)29-22(2,3)4;1-11-9-19-17(22-16(11)20-14-4-5-14)21-15-3-2-13-10-18-7-6-12(13)8-15;/h5-6,11-12,17H,7-10,13H2,1-4H3,(H2,23,24,25,26);2-3,8-9,14,18H,4-7,10H2,1H3,(H2,19,20,21,22);1H. The quantitative estimate of drug-likeness (QED) is 0.123. The van der Waals surface area contributed by atoms with Gasteiger partial charge in [-0.25, -0.2) is 14.8 Å². The molecule has 4 aliphatic rings. The number of nitrogens with one attached hydrogen (secondary N) is 5. The topological polar surface area (TPSA) is 141 Å². The number of anilines is 6. The highest BCUT2D eigenvalue weighted by molar-refractivity contribution is 5.85. The number of ether oxygens (including phenoxy) is 1. The molecule has 2 saturated carbocycles. The van der Waals surface area contributed by atoms with Crippen LogP contribution in [0.15, 0.2) is 48.8 Å². The molecule has 8 rings (SSSR count). The van der Waals surface area contributed by atoms with E-state index in [-0.39, 0.29) is 18.5 Å². The lowest BCUT2D eigenvalue weighted by Crippen LogP contribution is -2.39. The van der Waals surface area contributed by atoms with Gasteiger partial charge in [-0.2, -0.15) is 9.97 Å². The summed E-state index contributed by atoms with van der Waals surface area (Å²) in [6, 6.07) is 13.8. The molecule has 2 fully saturated rings. The monoisotopic (exact) mass is 726 g/mol. The van der Waals surface area contributed by atoms with Crippen molar-refractivity contribution in [3.8, 4) is 0 Å². The van der Waals surface area contributed by atoms with Crippen molar-refractivity contribution >= 4 is 53.4 Å². The first-order valence-electron chi connectivity index (χ1n) is 18.2. The Kier molecular flexibility index (Phi) is 11.4. The van der Waals surface area contributed by atoms with E-state index in [1.54, 1.807) is 4.90 Å². The summed E-state index contributed by atoms with van der Waals surface area (Å²) in [5.41, 5.74) is 8.85. The molecule has 0 saturated heterocycles. The maximum Gasteiger partial charge on any atom is 0.410 e. The number of fused-ring (bicyclic) bond motifs is 2. The Labute approximate surface area is 312 Å². The zero-order chi connectivity index (χ0) is 35.5. The van der Waals surface area contributed by atoms with Crippen LogP contribution in [0.3, 0.4) is 0 Å². The molecule has 52 heavy (non-hydrogen) atoms. The van der Waals surface area contributed by atoms with Gasteiger partial charge in [0.05, 0.1) is 0 Å². The molecule has 0 radical (unpaired) electrons. The van der Waals surface area contributed by atoms with Crippen LogP contribution in [-0.2, 0) is 30.7 Å². The highest BCUT2D eigenvalue weighted by Gasteiger charge is 2.26. The number of aromatic nitrogens is 4. The Morgan fingerprint density at radius 1 is 0.788 bits per heavy atom. The summed E-state index contributed by atoms with van der Waals surface area (Å²) in [6.07, 6.45) is 10.2. The third kappa shape index (κ3) is 10.0. The van der Waals surface area contributed by atoms with E-state index in [1.165, 1.54) is 42.4 Å². The van der Waals surface area contributed by atoms with Gasteiger partial charge in [0.15, 0.2) is 0 Å². The average Bonchev–Trinajstić information content (AvgIpc) is 4.05. The molecule has 2 aliphatic heterocycles. The summed E-state index contributed by atoms with van der Waals surface area (Å²) >= 11 is 0. The fourth-order valence-electron chi connectivity index (χ4n) is 6.07. The fraction of sp³-hybridized carbons (Fsp3) is 0.462. The molecule has 0 spiro atoms. The van der Waals surface area contributed by atoms with Crippen molar-refractivity contribution in [2.45, 2.75) is 104 Å². The third-order valence-electron chi connectivity index (χ3n) is 9.26. The van der Waals surface area contributed by atoms with Gasteiger partial charge in [0, 0.05) is 66.6 Å². The first-order chi connectivity index (χ1) is 24.5. The van der Waals surface area contributed by atoms with Gasteiger partial charge in [-0.05, 0) is 126 Å². The summed E-state index contributed by atoms with van der Waals surface area (Å²) in [4.78, 5) is 32.2. The number of carbonyl (C=O) groups excluding carboxylic acids is 1. The van der Waals surface area contributed by atoms with E-state index >= 15 is 0 Å². The molecule has 276 valence electrons. The normalized spacial score (nSPS) is 16.2. The Bertz CT molecular complexity index is 1890. The minimum Gasteiger partial charge on any atom is -0.444 e. The van der Waals surface area contributed by atoms with Crippen molar-refractivity contribution < 1.29 is 9.53 Å². The van der Waals surface area contributed by atoms with E-state index in [4.69, 9.17) is 4.74 Å². The second-order valence-corrected chi connectivity index (χ2v) is 15.1. The van der Waals surface area contributed by atoms with E-state index < -0.39 is 5.60 Å². The van der Waals surface area contributed by atoms with Gasteiger partial charge >= 0.3 is 6.09 Å². The molecule has 12 nitrogen and oxygen atoms in total.